The van der Waals surface area contributed by atoms with E-state index >= 15 is 0 Å². The molecule has 11 heteroatoms. The van der Waals surface area contributed by atoms with Gasteiger partial charge in [-0.3, -0.25) is 9.69 Å². The first-order valence-corrected chi connectivity index (χ1v) is 12.2. The molecule has 37 heavy (non-hydrogen) atoms. The third-order valence-corrected chi connectivity index (χ3v) is 7.38. The van der Waals surface area contributed by atoms with Crippen LogP contribution >= 0.6 is 0 Å². The molecule has 198 valence electrons. The zero-order chi connectivity index (χ0) is 26.4. The van der Waals surface area contributed by atoms with Gasteiger partial charge in [0.05, 0.1) is 17.7 Å². The fourth-order valence-corrected chi connectivity index (χ4v) is 5.58. The number of hydrogen-bond acceptors (Lipinski definition) is 4. The summed E-state index contributed by atoms with van der Waals surface area (Å²) in [6, 6.07) is 7.10. The van der Waals surface area contributed by atoms with Crippen molar-refractivity contribution >= 4 is 17.3 Å². The molecule has 2 unspecified atom stereocenters. The first kappa shape index (κ1) is 25.6. The van der Waals surface area contributed by atoms with Crippen molar-refractivity contribution in [3.8, 4) is 0 Å². The molecule has 5 rings (SSSR count). The number of amides is 1. The van der Waals surface area contributed by atoms with Crippen LogP contribution in [0, 0.1) is 0 Å². The normalized spacial score (nSPS) is 22.8. The molecular weight excluding hydrogens is 498 g/mol. The van der Waals surface area contributed by atoms with E-state index < -0.39 is 23.5 Å². The summed E-state index contributed by atoms with van der Waals surface area (Å²) in [7, 11) is 0. The number of alkyl halides is 6. The van der Waals surface area contributed by atoms with E-state index in [9.17, 15) is 31.1 Å². The molecular formula is C26H26F6N4O. The van der Waals surface area contributed by atoms with Crippen LogP contribution in [0.15, 0.2) is 48.7 Å². The predicted octanol–water partition coefficient (Wildman–Crippen LogP) is 5.09. The van der Waals surface area contributed by atoms with Gasteiger partial charge in [0.15, 0.2) is 0 Å². The number of pyridine rings is 1. The molecule has 2 bridgehead atoms. The summed E-state index contributed by atoms with van der Waals surface area (Å²) in [5.41, 5.74) is -0.104. The van der Waals surface area contributed by atoms with Crippen LogP contribution in [0.2, 0.25) is 0 Å². The summed E-state index contributed by atoms with van der Waals surface area (Å²) in [5.74, 6) is -0.164. The van der Waals surface area contributed by atoms with Gasteiger partial charge in [0.1, 0.15) is 5.82 Å². The van der Waals surface area contributed by atoms with Crippen LogP contribution < -0.4 is 4.90 Å². The predicted molar refractivity (Wildman–Crippen MR) is 126 cm³/mol. The third-order valence-electron chi connectivity index (χ3n) is 7.38. The van der Waals surface area contributed by atoms with Crippen LogP contribution in [0.1, 0.15) is 36.0 Å². The number of aromatic nitrogens is 1. The number of carbonyl (C=O) groups excluding carboxylic acids is 1. The molecule has 0 saturated carbocycles. The van der Waals surface area contributed by atoms with E-state index in [1.165, 1.54) is 18.3 Å². The van der Waals surface area contributed by atoms with Crippen LogP contribution in [0.3, 0.4) is 0 Å². The summed E-state index contributed by atoms with van der Waals surface area (Å²) in [4.78, 5) is 22.5. The maximum Gasteiger partial charge on any atom is 0.419 e. The van der Waals surface area contributed by atoms with Gasteiger partial charge in [0, 0.05) is 44.5 Å². The van der Waals surface area contributed by atoms with E-state index in [2.05, 4.69) is 4.98 Å². The van der Waals surface area contributed by atoms with Gasteiger partial charge in [-0.2, -0.15) is 26.3 Å². The molecule has 0 spiro atoms. The quantitative estimate of drug-likeness (QED) is 0.523. The average Bonchev–Trinajstić information content (AvgIpc) is 3.12. The lowest BCUT2D eigenvalue weighted by Crippen LogP contribution is -2.57. The lowest BCUT2D eigenvalue weighted by molar-refractivity contribution is -0.138. The number of piperazine rings is 1. The standard InChI is InChI=1S/C26H26F6N4O/c27-25(28,29)19-4-1-3-18(13-19)17-8-11-34(12-9-17)16-23(37)35-14-20-6-7-21(15-35)36(20)24-22(26(30,31)32)5-2-10-33-24/h1-5,8,10,13,20-21H,6-7,9,11-12,14-16H2. The number of hydrogen-bond donors (Lipinski definition) is 0. The Morgan fingerprint density at radius 3 is 2.32 bits per heavy atom. The molecule has 3 aliphatic heterocycles. The average molecular weight is 525 g/mol. The van der Waals surface area contributed by atoms with Crippen molar-refractivity contribution < 1.29 is 31.1 Å². The Balaban J connectivity index is 1.21. The van der Waals surface area contributed by atoms with E-state index in [-0.39, 0.29) is 30.4 Å². The van der Waals surface area contributed by atoms with Crippen LogP contribution in [0.5, 0.6) is 0 Å². The van der Waals surface area contributed by atoms with E-state index in [0.29, 0.717) is 51.0 Å². The van der Waals surface area contributed by atoms with Crippen LogP contribution in [-0.2, 0) is 17.1 Å². The first-order chi connectivity index (χ1) is 17.5. The number of carbonyl (C=O) groups is 1. The molecule has 4 heterocycles. The molecule has 0 aliphatic carbocycles. The van der Waals surface area contributed by atoms with Crippen molar-refractivity contribution in [2.45, 2.75) is 43.7 Å². The second-order valence-corrected chi connectivity index (χ2v) is 9.76. The lowest BCUT2D eigenvalue weighted by Gasteiger charge is -2.43. The Morgan fingerprint density at radius 1 is 0.973 bits per heavy atom. The molecule has 1 amide bonds. The van der Waals surface area contributed by atoms with E-state index in [1.807, 2.05) is 11.0 Å². The highest BCUT2D eigenvalue weighted by Gasteiger charge is 2.45. The number of anilines is 1. The van der Waals surface area contributed by atoms with Crippen molar-refractivity contribution in [1.82, 2.24) is 14.8 Å². The summed E-state index contributed by atoms with van der Waals surface area (Å²) in [6.45, 7) is 1.80. The maximum absolute atomic E-state index is 13.6. The van der Waals surface area contributed by atoms with Crippen LogP contribution in [0.25, 0.3) is 5.57 Å². The zero-order valence-electron chi connectivity index (χ0n) is 19.9. The smallest absolute Gasteiger partial charge is 0.347 e. The molecule has 0 radical (unpaired) electrons. The molecule has 5 nitrogen and oxygen atoms in total. The molecule has 1 aromatic carbocycles. The Bertz CT molecular complexity index is 1180. The maximum atomic E-state index is 13.6. The molecule has 2 fully saturated rings. The van der Waals surface area contributed by atoms with Crippen molar-refractivity contribution in [3.63, 3.8) is 0 Å². The lowest BCUT2D eigenvalue weighted by atomic mass is 9.97. The van der Waals surface area contributed by atoms with Gasteiger partial charge in [0.25, 0.3) is 0 Å². The minimum atomic E-state index is -4.51. The number of likely N-dealkylation sites (tertiary alicyclic amines) is 1. The topological polar surface area (TPSA) is 39.7 Å². The van der Waals surface area contributed by atoms with Gasteiger partial charge < -0.3 is 9.80 Å². The summed E-state index contributed by atoms with van der Waals surface area (Å²) < 4.78 is 79.8. The highest BCUT2D eigenvalue weighted by atomic mass is 19.4. The fourth-order valence-electron chi connectivity index (χ4n) is 5.58. The first-order valence-electron chi connectivity index (χ1n) is 12.2. The second kappa shape index (κ2) is 9.66. The second-order valence-electron chi connectivity index (χ2n) is 9.76. The number of rotatable bonds is 4. The molecule has 2 aromatic rings. The number of halogens is 6. The number of nitrogens with zero attached hydrogens (tertiary/aromatic N) is 4. The largest absolute Gasteiger partial charge is 0.419 e. The Morgan fingerprint density at radius 2 is 1.70 bits per heavy atom. The van der Waals surface area contributed by atoms with Gasteiger partial charge in [-0.25, -0.2) is 4.98 Å². The van der Waals surface area contributed by atoms with Crippen molar-refractivity contribution in [3.05, 3.63) is 65.4 Å². The van der Waals surface area contributed by atoms with Crippen molar-refractivity contribution in [2.24, 2.45) is 0 Å². The van der Waals surface area contributed by atoms with Crippen LogP contribution in [-0.4, -0.2) is 65.5 Å². The van der Waals surface area contributed by atoms with Gasteiger partial charge in [-0.1, -0.05) is 18.2 Å². The Hall–Kier alpha value is -3.08. The highest BCUT2D eigenvalue weighted by Crippen LogP contribution is 2.41. The van der Waals surface area contributed by atoms with Crippen LogP contribution in [0.4, 0.5) is 32.2 Å². The Kier molecular flexibility index (Phi) is 6.68. The van der Waals surface area contributed by atoms with Crippen molar-refractivity contribution in [2.75, 3.05) is 37.6 Å². The van der Waals surface area contributed by atoms with Gasteiger partial charge >= 0.3 is 12.4 Å². The summed E-state index contributed by atoms with van der Waals surface area (Å²) in [6.07, 6.45) is -3.80. The molecule has 2 atom stereocenters. The van der Waals surface area contributed by atoms with E-state index in [1.54, 1.807) is 15.9 Å². The molecule has 2 saturated heterocycles. The summed E-state index contributed by atoms with van der Waals surface area (Å²) in [5, 5.41) is 0. The minimum Gasteiger partial charge on any atom is -0.347 e. The molecule has 0 N–H and O–H groups in total. The summed E-state index contributed by atoms with van der Waals surface area (Å²) >= 11 is 0. The third kappa shape index (κ3) is 5.32. The minimum absolute atomic E-state index is 0.0714. The Labute approximate surface area is 210 Å². The molecule has 1 aromatic heterocycles. The number of fused-ring (bicyclic) bond motifs is 2. The van der Waals surface area contributed by atoms with E-state index in [4.69, 9.17) is 0 Å². The van der Waals surface area contributed by atoms with Crippen molar-refractivity contribution in [1.29, 1.82) is 0 Å². The highest BCUT2D eigenvalue weighted by molar-refractivity contribution is 5.79. The zero-order valence-corrected chi connectivity index (χ0v) is 19.9. The SMILES string of the molecule is O=C(CN1CC=C(c2cccc(C(F)(F)F)c2)CC1)N1CC2CCC(C1)N2c1ncccc1C(F)(F)F. The number of benzene rings is 1. The monoisotopic (exact) mass is 524 g/mol. The van der Waals surface area contributed by atoms with Gasteiger partial charge in [-0.05, 0) is 54.7 Å². The van der Waals surface area contributed by atoms with E-state index in [0.717, 1.165) is 23.8 Å². The van der Waals surface area contributed by atoms with Gasteiger partial charge in [-0.15, -0.1) is 0 Å². The molecule has 3 aliphatic rings. The van der Waals surface area contributed by atoms with Gasteiger partial charge in [0.2, 0.25) is 5.91 Å². The fraction of sp³-hybridized carbons (Fsp3) is 0.462.